The summed E-state index contributed by atoms with van der Waals surface area (Å²) < 4.78 is 0. The van der Waals surface area contributed by atoms with Crippen LogP contribution in [0.15, 0.2) is 18.2 Å². The zero-order valence-electron chi connectivity index (χ0n) is 6.29. The highest BCUT2D eigenvalue weighted by atomic mass is 16.1. The summed E-state index contributed by atoms with van der Waals surface area (Å²) in [5.74, 6) is 5.19. The maximum atomic E-state index is 10.4. The zero-order valence-corrected chi connectivity index (χ0v) is 6.29. The third-order valence-electron chi connectivity index (χ3n) is 1.49. The van der Waals surface area contributed by atoms with Gasteiger partial charge in [-0.15, -0.1) is 0 Å². The molecule has 0 unspecified atom stereocenters. The van der Waals surface area contributed by atoms with Crippen molar-refractivity contribution in [1.82, 2.24) is 0 Å². The predicted molar refractivity (Wildman–Crippen MR) is 44.4 cm³/mol. The second-order valence-corrected chi connectivity index (χ2v) is 2.35. The largest absolute Gasteiger partial charge is 0.323 e. The van der Waals surface area contributed by atoms with Crippen LogP contribution in [-0.2, 0) is 0 Å². The molecule has 0 fully saturated rings. The summed E-state index contributed by atoms with van der Waals surface area (Å²) >= 11 is 0. The number of carbonyl (C=O) groups is 1. The normalized spacial score (nSPS) is 9.27. The quantitative estimate of drug-likeness (QED) is 0.377. The predicted octanol–water partition coefficient (Wildman–Crippen LogP) is 1.09. The number of aryl methyl sites for hydroxylation is 1. The number of nitrogen functional groups attached to an aromatic ring is 1. The van der Waals surface area contributed by atoms with Crippen molar-refractivity contribution in [3.63, 3.8) is 0 Å². The number of hydrazine groups is 1. The molecule has 3 heteroatoms. The average Bonchev–Trinajstić information content (AvgIpc) is 2.04. The summed E-state index contributed by atoms with van der Waals surface area (Å²) in [6, 6.07) is 5.42. The molecule has 0 amide bonds. The lowest BCUT2D eigenvalue weighted by molar-refractivity contribution is 0.112. The van der Waals surface area contributed by atoms with Crippen LogP contribution in [-0.4, -0.2) is 6.29 Å². The summed E-state index contributed by atoms with van der Waals surface area (Å²) in [6.07, 6.45) is 0.772. The minimum absolute atomic E-state index is 0.582. The summed E-state index contributed by atoms with van der Waals surface area (Å²) in [7, 11) is 0. The van der Waals surface area contributed by atoms with E-state index in [1.54, 1.807) is 6.07 Å². The van der Waals surface area contributed by atoms with Gasteiger partial charge in [0, 0.05) is 5.56 Å². The number of carbonyl (C=O) groups excluding carboxylic acids is 1. The molecule has 0 saturated carbocycles. The molecule has 1 aromatic rings. The summed E-state index contributed by atoms with van der Waals surface area (Å²) in [4.78, 5) is 10.4. The van der Waals surface area contributed by atoms with E-state index < -0.39 is 0 Å². The number of hydrogen-bond donors (Lipinski definition) is 2. The van der Waals surface area contributed by atoms with E-state index in [0.29, 0.717) is 11.3 Å². The van der Waals surface area contributed by atoms with E-state index in [9.17, 15) is 4.79 Å². The van der Waals surface area contributed by atoms with Gasteiger partial charge in [-0.1, -0.05) is 6.07 Å². The van der Waals surface area contributed by atoms with Crippen LogP contribution in [0, 0.1) is 6.92 Å². The molecule has 0 aliphatic carbocycles. The Bertz CT molecular complexity index is 271. The summed E-state index contributed by atoms with van der Waals surface area (Å²) in [5.41, 5.74) is 4.78. The third-order valence-corrected chi connectivity index (χ3v) is 1.49. The first kappa shape index (κ1) is 7.75. The maximum Gasteiger partial charge on any atom is 0.152 e. The Labute approximate surface area is 65.2 Å². The first-order chi connectivity index (χ1) is 5.27. The van der Waals surface area contributed by atoms with Gasteiger partial charge >= 0.3 is 0 Å². The van der Waals surface area contributed by atoms with Gasteiger partial charge in [0.25, 0.3) is 0 Å². The van der Waals surface area contributed by atoms with Crippen LogP contribution in [0.2, 0.25) is 0 Å². The van der Waals surface area contributed by atoms with Crippen LogP contribution in [0.5, 0.6) is 0 Å². The second kappa shape index (κ2) is 3.16. The molecular weight excluding hydrogens is 140 g/mol. The molecule has 0 heterocycles. The fourth-order valence-corrected chi connectivity index (χ4v) is 0.898. The van der Waals surface area contributed by atoms with Gasteiger partial charge in [-0.2, -0.15) is 0 Å². The van der Waals surface area contributed by atoms with Crippen LogP contribution in [0.1, 0.15) is 15.9 Å². The fourth-order valence-electron chi connectivity index (χ4n) is 0.898. The first-order valence-corrected chi connectivity index (χ1v) is 3.30. The molecule has 0 aromatic heterocycles. The van der Waals surface area contributed by atoms with Crippen molar-refractivity contribution in [2.45, 2.75) is 6.92 Å². The Balaban J connectivity index is 3.16. The van der Waals surface area contributed by atoms with Crippen molar-refractivity contribution in [1.29, 1.82) is 0 Å². The van der Waals surface area contributed by atoms with Gasteiger partial charge in [0.05, 0.1) is 5.69 Å². The SMILES string of the molecule is Cc1ccc(C=O)c(NN)c1. The van der Waals surface area contributed by atoms with Crippen LogP contribution >= 0.6 is 0 Å². The van der Waals surface area contributed by atoms with E-state index in [0.717, 1.165) is 11.8 Å². The number of benzene rings is 1. The number of hydrogen-bond acceptors (Lipinski definition) is 3. The van der Waals surface area contributed by atoms with Crippen molar-refractivity contribution in [3.8, 4) is 0 Å². The highest BCUT2D eigenvalue weighted by molar-refractivity contribution is 5.84. The number of nitrogens with two attached hydrogens (primary N) is 1. The molecule has 3 N–H and O–H groups in total. The fraction of sp³-hybridized carbons (Fsp3) is 0.125. The van der Waals surface area contributed by atoms with Crippen molar-refractivity contribution in [2.75, 3.05) is 5.43 Å². The lowest BCUT2D eigenvalue weighted by Gasteiger charge is -2.03. The number of rotatable bonds is 2. The molecule has 11 heavy (non-hydrogen) atoms. The van der Waals surface area contributed by atoms with Crippen molar-refractivity contribution in [3.05, 3.63) is 29.3 Å². The number of aldehydes is 1. The Morgan fingerprint density at radius 2 is 2.27 bits per heavy atom. The monoisotopic (exact) mass is 150 g/mol. The van der Waals surface area contributed by atoms with Gasteiger partial charge < -0.3 is 5.43 Å². The highest BCUT2D eigenvalue weighted by Crippen LogP contribution is 2.13. The molecule has 0 atom stereocenters. The van der Waals surface area contributed by atoms with Gasteiger partial charge in [-0.25, -0.2) is 0 Å². The molecule has 1 aromatic carbocycles. The summed E-state index contributed by atoms with van der Waals surface area (Å²) in [5, 5.41) is 0. The van der Waals surface area contributed by atoms with Crippen LogP contribution in [0.25, 0.3) is 0 Å². The Morgan fingerprint density at radius 1 is 1.55 bits per heavy atom. The zero-order chi connectivity index (χ0) is 8.27. The maximum absolute atomic E-state index is 10.4. The number of anilines is 1. The van der Waals surface area contributed by atoms with Gasteiger partial charge in [0.15, 0.2) is 6.29 Å². The minimum Gasteiger partial charge on any atom is -0.323 e. The molecule has 0 aliphatic rings. The van der Waals surface area contributed by atoms with Gasteiger partial charge in [-0.3, -0.25) is 10.6 Å². The van der Waals surface area contributed by atoms with E-state index >= 15 is 0 Å². The standard InChI is InChI=1S/C8H10N2O/c1-6-2-3-7(5-11)8(4-6)10-9/h2-5,10H,9H2,1H3. The lowest BCUT2D eigenvalue weighted by Crippen LogP contribution is -2.09. The Morgan fingerprint density at radius 3 is 2.82 bits per heavy atom. The van der Waals surface area contributed by atoms with Crippen molar-refractivity contribution < 1.29 is 4.79 Å². The molecule has 0 spiro atoms. The molecule has 3 nitrogen and oxygen atoms in total. The van der Waals surface area contributed by atoms with Crippen molar-refractivity contribution in [2.24, 2.45) is 5.84 Å². The lowest BCUT2D eigenvalue weighted by atomic mass is 10.1. The molecule has 0 radical (unpaired) electrons. The Kier molecular flexibility index (Phi) is 2.23. The van der Waals surface area contributed by atoms with Crippen molar-refractivity contribution >= 4 is 12.0 Å². The molecule has 0 saturated heterocycles. The highest BCUT2D eigenvalue weighted by Gasteiger charge is 1.97. The van der Waals surface area contributed by atoms with E-state index in [4.69, 9.17) is 5.84 Å². The van der Waals surface area contributed by atoms with E-state index in [2.05, 4.69) is 5.43 Å². The first-order valence-electron chi connectivity index (χ1n) is 3.30. The van der Waals surface area contributed by atoms with Gasteiger partial charge in [0.2, 0.25) is 0 Å². The Hall–Kier alpha value is -1.35. The van der Waals surface area contributed by atoms with Crippen LogP contribution in [0.4, 0.5) is 5.69 Å². The molecule has 0 aliphatic heterocycles. The van der Waals surface area contributed by atoms with Crippen LogP contribution < -0.4 is 11.3 Å². The molecule has 0 bridgehead atoms. The molecular formula is C8H10N2O. The van der Waals surface area contributed by atoms with E-state index in [1.807, 2.05) is 19.1 Å². The van der Waals surface area contributed by atoms with E-state index in [-0.39, 0.29) is 0 Å². The smallest absolute Gasteiger partial charge is 0.152 e. The third kappa shape index (κ3) is 1.56. The van der Waals surface area contributed by atoms with Gasteiger partial charge in [-0.05, 0) is 24.6 Å². The molecule has 58 valence electrons. The molecule has 1 rings (SSSR count). The van der Waals surface area contributed by atoms with Crippen LogP contribution in [0.3, 0.4) is 0 Å². The topological polar surface area (TPSA) is 55.1 Å². The second-order valence-electron chi connectivity index (χ2n) is 2.35. The van der Waals surface area contributed by atoms with Gasteiger partial charge in [0.1, 0.15) is 0 Å². The summed E-state index contributed by atoms with van der Waals surface area (Å²) in [6.45, 7) is 1.94. The number of nitrogens with one attached hydrogen (secondary N) is 1. The average molecular weight is 150 g/mol. The minimum atomic E-state index is 0.582. The van der Waals surface area contributed by atoms with E-state index in [1.165, 1.54) is 0 Å².